The zero-order valence-electron chi connectivity index (χ0n) is 10.0. The second-order valence-electron chi connectivity index (χ2n) is 4.46. The molecule has 0 aliphatic rings. The molecular weight excluding hydrogens is 266 g/mol. The van der Waals surface area contributed by atoms with Crippen LogP contribution >= 0.6 is 0 Å². The van der Waals surface area contributed by atoms with Gasteiger partial charge in [-0.15, -0.1) is 0 Å². The fourth-order valence-electron chi connectivity index (χ4n) is 1.25. The molecule has 0 fully saturated rings. The molecule has 0 spiro atoms. The van der Waals surface area contributed by atoms with Crippen LogP contribution in [-0.2, 0) is 4.74 Å². The molecule has 0 bridgehead atoms. The van der Waals surface area contributed by atoms with Crippen molar-refractivity contribution in [1.82, 2.24) is 0 Å². The van der Waals surface area contributed by atoms with Crippen molar-refractivity contribution in [3.63, 3.8) is 0 Å². The van der Waals surface area contributed by atoms with E-state index in [4.69, 9.17) is 5.11 Å². The predicted octanol–water partition coefficient (Wildman–Crippen LogP) is 3.21. The van der Waals surface area contributed by atoms with E-state index in [9.17, 15) is 26.3 Å². The monoisotopic (exact) mass is 280 g/mol. The highest BCUT2D eigenvalue weighted by Crippen LogP contribution is 2.50. The van der Waals surface area contributed by atoms with Crippen LogP contribution in [0.2, 0.25) is 0 Å². The molecule has 0 aromatic heterocycles. The molecule has 2 nitrogen and oxygen atoms in total. The molecule has 1 N–H and O–H groups in total. The van der Waals surface area contributed by atoms with Crippen LogP contribution < -0.4 is 0 Å². The van der Waals surface area contributed by atoms with Gasteiger partial charge in [0.2, 0.25) is 0 Å². The van der Waals surface area contributed by atoms with Gasteiger partial charge < -0.3 is 9.84 Å². The molecule has 0 saturated carbocycles. The molecule has 0 rings (SSSR count). The summed E-state index contributed by atoms with van der Waals surface area (Å²) in [6.07, 6.45) is -11.8. The summed E-state index contributed by atoms with van der Waals surface area (Å²) in [5, 5.41) is 9.12. The third-order valence-corrected chi connectivity index (χ3v) is 2.37. The van der Waals surface area contributed by atoms with E-state index >= 15 is 0 Å². The van der Waals surface area contributed by atoms with Gasteiger partial charge in [0.1, 0.15) is 5.60 Å². The smallest absolute Gasteiger partial charge is 0.371 e. The molecular formula is C10H14F6O2. The van der Waals surface area contributed by atoms with E-state index in [1.54, 1.807) is 0 Å². The van der Waals surface area contributed by atoms with E-state index in [1.165, 1.54) is 6.92 Å². The average molecular weight is 280 g/mol. The molecule has 18 heavy (non-hydrogen) atoms. The minimum absolute atomic E-state index is 0.231. The molecule has 0 heterocycles. The van der Waals surface area contributed by atoms with Gasteiger partial charge in [-0.25, -0.2) is 0 Å². The molecule has 0 amide bonds. The lowest BCUT2D eigenvalue weighted by atomic mass is 9.84. The summed E-state index contributed by atoms with van der Waals surface area (Å²) in [6.45, 7) is 5.19. The van der Waals surface area contributed by atoms with Crippen molar-refractivity contribution in [2.24, 2.45) is 0 Å². The predicted molar refractivity (Wildman–Crippen MR) is 51.9 cm³/mol. The molecule has 0 aromatic carbocycles. The molecule has 0 aliphatic heterocycles. The lowest BCUT2D eigenvalue weighted by molar-refractivity contribution is -0.411. The molecule has 0 radical (unpaired) electrons. The highest BCUT2D eigenvalue weighted by molar-refractivity contribution is 5.07. The third kappa shape index (κ3) is 2.97. The zero-order chi connectivity index (χ0) is 15.0. The maximum absolute atomic E-state index is 12.5. The van der Waals surface area contributed by atoms with E-state index < -0.39 is 30.2 Å². The second kappa shape index (κ2) is 4.73. The first-order valence-electron chi connectivity index (χ1n) is 4.81. The fraction of sp³-hybridized carbons (Fsp3) is 0.800. The van der Waals surface area contributed by atoms with Crippen molar-refractivity contribution in [3.05, 3.63) is 12.2 Å². The van der Waals surface area contributed by atoms with Crippen LogP contribution in [0.15, 0.2) is 12.2 Å². The van der Waals surface area contributed by atoms with Crippen LogP contribution in [0.1, 0.15) is 20.8 Å². The third-order valence-electron chi connectivity index (χ3n) is 2.37. The average Bonchev–Trinajstić information content (AvgIpc) is 2.09. The molecule has 108 valence electrons. The Balaban J connectivity index is 5.54. The van der Waals surface area contributed by atoms with Crippen LogP contribution in [0.25, 0.3) is 0 Å². The number of aliphatic hydroxyl groups is 1. The van der Waals surface area contributed by atoms with Crippen molar-refractivity contribution >= 4 is 0 Å². The van der Waals surface area contributed by atoms with Gasteiger partial charge in [-0.1, -0.05) is 12.2 Å². The summed E-state index contributed by atoms with van der Waals surface area (Å²) in [5.41, 5.74) is -7.62. The van der Waals surface area contributed by atoms with Crippen molar-refractivity contribution in [2.45, 2.75) is 44.3 Å². The Bertz CT molecular complexity index is 301. The van der Waals surface area contributed by atoms with E-state index in [2.05, 4.69) is 11.3 Å². The first-order chi connectivity index (χ1) is 7.67. The lowest BCUT2D eigenvalue weighted by Crippen LogP contribution is -2.69. The van der Waals surface area contributed by atoms with E-state index in [1.807, 2.05) is 0 Å². The summed E-state index contributed by atoms with van der Waals surface area (Å²) in [7, 11) is 0. The Morgan fingerprint density at radius 3 is 1.61 bits per heavy atom. The Morgan fingerprint density at radius 1 is 1.06 bits per heavy atom. The quantitative estimate of drug-likeness (QED) is 0.633. The minimum atomic E-state index is -5.91. The maximum atomic E-state index is 12.5. The number of alkyl halides is 6. The van der Waals surface area contributed by atoms with Gasteiger partial charge in [-0.2, -0.15) is 26.3 Å². The summed E-state index contributed by atoms with van der Waals surface area (Å²) in [6, 6.07) is 0. The highest BCUT2D eigenvalue weighted by Gasteiger charge is 2.77. The SMILES string of the molecule is C=C(C)COC(C)(C)C(O)(C(F)(F)F)C(F)(F)F. The van der Waals surface area contributed by atoms with Crippen LogP contribution in [0.4, 0.5) is 26.3 Å². The summed E-state index contributed by atoms with van der Waals surface area (Å²) >= 11 is 0. The number of hydrogen-bond acceptors (Lipinski definition) is 2. The number of hydrogen-bond donors (Lipinski definition) is 1. The second-order valence-corrected chi connectivity index (χ2v) is 4.46. The fourth-order valence-corrected chi connectivity index (χ4v) is 1.25. The van der Waals surface area contributed by atoms with Gasteiger partial charge in [0.05, 0.1) is 6.61 Å². The molecule has 0 unspecified atom stereocenters. The zero-order valence-corrected chi connectivity index (χ0v) is 10.0. The van der Waals surface area contributed by atoms with Crippen molar-refractivity contribution in [3.8, 4) is 0 Å². The lowest BCUT2D eigenvalue weighted by Gasteiger charge is -2.43. The van der Waals surface area contributed by atoms with Crippen molar-refractivity contribution < 1.29 is 36.2 Å². The minimum Gasteiger partial charge on any atom is -0.371 e. The number of ether oxygens (including phenoxy) is 1. The van der Waals surface area contributed by atoms with Crippen molar-refractivity contribution in [1.29, 1.82) is 0 Å². The van der Waals surface area contributed by atoms with Crippen LogP contribution in [0, 0.1) is 0 Å². The normalized spacial score (nSPS) is 14.8. The van der Waals surface area contributed by atoms with Gasteiger partial charge in [0.15, 0.2) is 0 Å². The Hall–Kier alpha value is -0.760. The van der Waals surface area contributed by atoms with E-state index in [0.29, 0.717) is 13.8 Å². The van der Waals surface area contributed by atoms with E-state index in [-0.39, 0.29) is 5.57 Å². The molecule has 8 heteroatoms. The summed E-state index contributed by atoms with van der Waals surface area (Å²) in [4.78, 5) is 0. The van der Waals surface area contributed by atoms with E-state index in [0.717, 1.165) is 0 Å². The summed E-state index contributed by atoms with van der Waals surface area (Å²) < 4.78 is 79.8. The molecule has 0 atom stereocenters. The topological polar surface area (TPSA) is 29.5 Å². The number of rotatable bonds is 4. The molecule has 0 aromatic rings. The first kappa shape index (κ1) is 17.2. The Kier molecular flexibility index (Phi) is 4.53. The van der Waals surface area contributed by atoms with Gasteiger partial charge >= 0.3 is 12.4 Å². The maximum Gasteiger partial charge on any atom is 0.429 e. The Morgan fingerprint density at radius 2 is 1.39 bits per heavy atom. The van der Waals surface area contributed by atoms with Gasteiger partial charge in [0.25, 0.3) is 5.60 Å². The largest absolute Gasteiger partial charge is 0.429 e. The Labute approximate surface area is 100 Å². The van der Waals surface area contributed by atoms with Crippen LogP contribution in [0.3, 0.4) is 0 Å². The van der Waals surface area contributed by atoms with Gasteiger partial charge in [0, 0.05) is 0 Å². The first-order valence-corrected chi connectivity index (χ1v) is 4.81. The van der Waals surface area contributed by atoms with Crippen LogP contribution in [-0.4, -0.2) is 35.3 Å². The summed E-state index contributed by atoms with van der Waals surface area (Å²) in [5.74, 6) is 0. The standard InChI is InChI=1S/C10H14F6O2/c1-6(2)5-18-7(3,4)8(17,9(11,12)13)10(14,15)16/h17H,1,5H2,2-4H3. The van der Waals surface area contributed by atoms with Crippen molar-refractivity contribution in [2.75, 3.05) is 6.61 Å². The molecule has 0 saturated heterocycles. The number of halogens is 6. The van der Waals surface area contributed by atoms with Gasteiger partial charge in [-0.3, -0.25) is 0 Å². The van der Waals surface area contributed by atoms with Crippen LogP contribution in [0.5, 0.6) is 0 Å². The van der Waals surface area contributed by atoms with Gasteiger partial charge in [-0.05, 0) is 20.8 Å². The molecule has 0 aliphatic carbocycles. The highest BCUT2D eigenvalue weighted by atomic mass is 19.4.